The van der Waals surface area contributed by atoms with E-state index in [2.05, 4.69) is 15.7 Å². The molecule has 2 aromatic carbocycles. The van der Waals surface area contributed by atoms with Crippen LogP contribution in [0.25, 0.3) is 0 Å². The summed E-state index contributed by atoms with van der Waals surface area (Å²) in [5, 5.41) is 11.8. The normalized spacial score (nSPS) is 20.9. The van der Waals surface area contributed by atoms with Crippen molar-refractivity contribution in [3.8, 4) is 0 Å². The predicted octanol–water partition coefficient (Wildman–Crippen LogP) is 1.93. The summed E-state index contributed by atoms with van der Waals surface area (Å²) in [6.07, 6.45) is 0. The van der Waals surface area contributed by atoms with Crippen molar-refractivity contribution >= 4 is 29.1 Å². The molecule has 0 aliphatic carbocycles. The molecular weight excluding hydrogens is 346 g/mol. The second-order valence-corrected chi connectivity index (χ2v) is 6.45. The molecule has 3 amide bonds. The van der Waals surface area contributed by atoms with E-state index in [1.807, 2.05) is 25.1 Å². The lowest BCUT2D eigenvalue weighted by Gasteiger charge is -2.20. The van der Waals surface area contributed by atoms with Gasteiger partial charge in [0.05, 0.1) is 5.69 Å². The molecule has 0 bridgehead atoms. The van der Waals surface area contributed by atoms with Gasteiger partial charge in [-0.3, -0.25) is 19.4 Å². The van der Waals surface area contributed by atoms with Crippen LogP contribution in [0.5, 0.6) is 0 Å². The van der Waals surface area contributed by atoms with Crippen LogP contribution in [0.15, 0.2) is 64.9 Å². The molecule has 0 aromatic heterocycles. The van der Waals surface area contributed by atoms with Crippen molar-refractivity contribution in [3.63, 3.8) is 0 Å². The zero-order valence-electron chi connectivity index (χ0n) is 14.6. The molecule has 2 aliphatic rings. The smallest absolute Gasteiger partial charge is 0.263 e. The fraction of sp³-hybridized carbons (Fsp3) is 0.211. The topological polar surface area (TPSA) is 94.4 Å². The zero-order chi connectivity index (χ0) is 19.0. The minimum atomic E-state index is -0.914. The Bertz CT molecular complexity index is 926. The highest BCUT2D eigenvalue weighted by Gasteiger charge is 2.55. The maximum atomic E-state index is 12.8. The Balaban J connectivity index is 1.49. The summed E-state index contributed by atoms with van der Waals surface area (Å²) >= 11 is 0. The highest BCUT2D eigenvalue weighted by molar-refractivity contribution is 6.25. The van der Waals surface area contributed by atoms with Gasteiger partial charge in [-0.15, -0.1) is 0 Å². The van der Waals surface area contributed by atoms with Gasteiger partial charge in [0, 0.05) is 5.69 Å². The van der Waals surface area contributed by atoms with E-state index in [0.29, 0.717) is 11.4 Å². The van der Waals surface area contributed by atoms with Crippen LogP contribution in [-0.4, -0.2) is 41.4 Å². The van der Waals surface area contributed by atoms with Crippen LogP contribution < -0.4 is 10.2 Å². The molecular formula is C19H17N5O3. The van der Waals surface area contributed by atoms with Crippen molar-refractivity contribution in [2.24, 2.45) is 10.3 Å². The summed E-state index contributed by atoms with van der Waals surface area (Å²) < 4.78 is 0. The van der Waals surface area contributed by atoms with Crippen LogP contribution in [0.3, 0.4) is 0 Å². The van der Waals surface area contributed by atoms with Crippen molar-refractivity contribution in [2.75, 3.05) is 16.8 Å². The Morgan fingerprint density at radius 2 is 1.74 bits per heavy atom. The molecule has 0 radical (unpaired) electrons. The molecule has 4 rings (SSSR count). The number of imide groups is 1. The Kier molecular flexibility index (Phi) is 4.15. The molecule has 27 heavy (non-hydrogen) atoms. The van der Waals surface area contributed by atoms with Crippen LogP contribution in [-0.2, 0) is 14.4 Å². The fourth-order valence-electron chi connectivity index (χ4n) is 3.17. The number of carbonyl (C=O) groups is 3. The number of rotatable bonds is 4. The third kappa shape index (κ3) is 3.05. The molecule has 2 aliphatic heterocycles. The predicted molar refractivity (Wildman–Crippen MR) is 97.9 cm³/mol. The first-order valence-electron chi connectivity index (χ1n) is 8.51. The van der Waals surface area contributed by atoms with Gasteiger partial charge in [0.1, 0.15) is 6.54 Å². The minimum absolute atomic E-state index is 0.166. The van der Waals surface area contributed by atoms with Gasteiger partial charge >= 0.3 is 0 Å². The maximum absolute atomic E-state index is 12.8. The van der Waals surface area contributed by atoms with E-state index in [9.17, 15) is 14.4 Å². The van der Waals surface area contributed by atoms with Gasteiger partial charge in [-0.05, 0) is 31.2 Å². The Hall–Kier alpha value is -3.55. The first kappa shape index (κ1) is 16.9. The molecule has 8 heteroatoms. The highest BCUT2D eigenvalue weighted by atomic mass is 16.2. The summed E-state index contributed by atoms with van der Waals surface area (Å²) in [7, 11) is 0. The number of amides is 3. The van der Waals surface area contributed by atoms with Crippen molar-refractivity contribution in [1.82, 2.24) is 5.01 Å². The van der Waals surface area contributed by atoms with Crippen LogP contribution in [0.1, 0.15) is 5.56 Å². The lowest BCUT2D eigenvalue weighted by molar-refractivity contribution is -0.123. The average molecular weight is 363 g/mol. The fourth-order valence-corrected chi connectivity index (χ4v) is 3.17. The van der Waals surface area contributed by atoms with E-state index in [1.165, 1.54) is 5.01 Å². The van der Waals surface area contributed by atoms with Crippen LogP contribution in [0.2, 0.25) is 0 Å². The maximum Gasteiger partial charge on any atom is 0.263 e. The summed E-state index contributed by atoms with van der Waals surface area (Å²) in [5.41, 5.74) is 2.16. The molecule has 0 spiro atoms. The second-order valence-electron chi connectivity index (χ2n) is 6.45. The molecule has 2 aromatic rings. The number of aryl methyl sites for hydroxylation is 1. The first-order chi connectivity index (χ1) is 13.0. The quantitative estimate of drug-likeness (QED) is 0.840. The van der Waals surface area contributed by atoms with Crippen molar-refractivity contribution < 1.29 is 14.4 Å². The van der Waals surface area contributed by atoms with Crippen LogP contribution in [0.4, 0.5) is 11.4 Å². The summed E-state index contributed by atoms with van der Waals surface area (Å²) in [4.78, 5) is 38.9. The van der Waals surface area contributed by atoms with E-state index in [4.69, 9.17) is 0 Å². The second kappa shape index (κ2) is 6.64. The van der Waals surface area contributed by atoms with Crippen molar-refractivity contribution in [2.45, 2.75) is 19.0 Å². The lowest BCUT2D eigenvalue weighted by Crippen LogP contribution is -2.43. The third-order valence-corrected chi connectivity index (χ3v) is 4.51. The molecule has 0 unspecified atom stereocenters. The largest absolute Gasteiger partial charge is 0.324 e. The number of benzene rings is 2. The molecule has 1 N–H and O–H groups in total. The van der Waals surface area contributed by atoms with E-state index >= 15 is 0 Å². The van der Waals surface area contributed by atoms with E-state index in [0.717, 1.165) is 10.5 Å². The summed E-state index contributed by atoms with van der Waals surface area (Å²) in [6.45, 7) is 1.76. The zero-order valence-corrected chi connectivity index (χ0v) is 14.6. The van der Waals surface area contributed by atoms with Gasteiger partial charge < -0.3 is 5.32 Å². The Morgan fingerprint density at radius 3 is 2.44 bits per heavy atom. The molecule has 1 fully saturated rings. The van der Waals surface area contributed by atoms with Gasteiger partial charge in [-0.25, -0.2) is 4.90 Å². The molecule has 1 saturated heterocycles. The van der Waals surface area contributed by atoms with Crippen molar-refractivity contribution in [1.29, 1.82) is 0 Å². The van der Waals surface area contributed by atoms with Gasteiger partial charge in [0.25, 0.3) is 11.8 Å². The number of hydrogen-bond acceptors (Lipinski definition) is 6. The number of carbonyl (C=O) groups excluding carboxylic acids is 3. The highest BCUT2D eigenvalue weighted by Crippen LogP contribution is 2.31. The van der Waals surface area contributed by atoms with E-state index in [-0.39, 0.29) is 12.5 Å². The van der Waals surface area contributed by atoms with Gasteiger partial charge in [-0.2, -0.15) is 5.11 Å². The molecule has 8 nitrogen and oxygen atoms in total. The van der Waals surface area contributed by atoms with Crippen LogP contribution >= 0.6 is 0 Å². The summed E-state index contributed by atoms with van der Waals surface area (Å²) in [5.74, 6) is -1.19. The number of hydrogen-bond donors (Lipinski definition) is 1. The third-order valence-electron chi connectivity index (χ3n) is 4.51. The molecule has 0 saturated carbocycles. The summed E-state index contributed by atoms with van der Waals surface area (Å²) in [6, 6.07) is 14.3. The molecule has 136 valence electrons. The number of nitrogens with zero attached hydrogens (tertiary/aromatic N) is 4. The lowest BCUT2D eigenvalue weighted by atomic mass is 10.1. The first-order valence-corrected chi connectivity index (χ1v) is 8.51. The molecule has 2 atom stereocenters. The minimum Gasteiger partial charge on any atom is -0.324 e. The number of para-hydroxylation sites is 1. The Labute approximate surface area is 155 Å². The van der Waals surface area contributed by atoms with Crippen molar-refractivity contribution in [3.05, 3.63) is 60.2 Å². The number of fused-ring (bicyclic) bond motifs is 1. The van der Waals surface area contributed by atoms with E-state index < -0.39 is 23.9 Å². The monoisotopic (exact) mass is 363 g/mol. The van der Waals surface area contributed by atoms with Gasteiger partial charge in [-0.1, -0.05) is 41.1 Å². The molecule has 2 heterocycles. The van der Waals surface area contributed by atoms with Gasteiger partial charge in [0.15, 0.2) is 12.1 Å². The average Bonchev–Trinajstić information content (AvgIpc) is 3.17. The SMILES string of the molecule is Cc1ccc(N2C(=O)[C@@H]3[C@@H](N=NN3CC(=O)Nc3ccccc3)C2=O)cc1. The Morgan fingerprint density at radius 1 is 1.04 bits per heavy atom. The van der Waals surface area contributed by atoms with Crippen LogP contribution in [0, 0.1) is 6.92 Å². The number of nitrogens with one attached hydrogen (secondary N) is 1. The van der Waals surface area contributed by atoms with E-state index in [1.54, 1.807) is 36.4 Å². The standard InChI is InChI=1S/C19H17N5O3/c1-12-7-9-14(10-8-12)24-18(26)16-17(19(24)27)23(22-21-16)11-15(25)20-13-5-3-2-4-6-13/h2-10,16-17H,11H2,1H3,(H,20,25)/t16-,17+/m1/s1. The number of anilines is 2. The van der Waals surface area contributed by atoms with Gasteiger partial charge in [0.2, 0.25) is 5.91 Å².